The molecule has 74 valence electrons. The van der Waals surface area contributed by atoms with Crippen LogP contribution in [0.2, 0.25) is 0 Å². The van der Waals surface area contributed by atoms with Gasteiger partial charge < -0.3 is 5.73 Å². The van der Waals surface area contributed by atoms with Gasteiger partial charge in [-0.15, -0.1) is 0 Å². The first-order valence-electron chi connectivity index (χ1n) is 3.26. The van der Waals surface area contributed by atoms with Crippen LogP contribution in [0.5, 0.6) is 0 Å². The maximum absolute atomic E-state index is 11.0. The van der Waals surface area contributed by atoms with Crippen molar-refractivity contribution in [1.82, 2.24) is 10.6 Å². The number of amidine groups is 1. The molecule has 1 fully saturated rings. The number of amides is 4. The predicted molar refractivity (Wildman–Crippen MR) is 48.6 cm³/mol. The lowest BCUT2D eigenvalue weighted by Crippen LogP contribution is -2.56. The van der Waals surface area contributed by atoms with Crippen LogP contribution < -0.4 is 16.4 Å². The summed E-state index contributed by atoms with van der Waals surface area (Å²) in [4.78, 5) is 32.5. The first-order valence-corrected chi connectivity index (χ1v) is 4.03. The number of barbiturate groups is 1. The van der Waals surface area contributed by atoms with Crippen LogP contribution in [0, 0.1) is 5.41 Å². The number of carbonyl (C=O) groups is 3. The van der Waals surface area contributed by atoms with Gasteiger partial charge in [-0.2, -0.15) is 4.40 Å². The Bertz CT molecular complexity index is 340. The zero-order valence-corrected chi connectivity index (χ0v) is 7.47. The molecule has 0 atom stereocenters. The summed E-state index contributed by atoms with van der Waals surface area (Å²) in [6.45, 7) is 0. The van der Waals surface area contributed by atoms with Crippen molar-refractivity contribution in [1.29, 1.82) is 5.41 Å². The second-order valence-corrected chi connectivity index (χ2v) is 2.94. The molecule has 1 rings (SSSR count). The molecule has 0 spiro atoms. The number of nitrogens with zero attached hydrogens (tertiary/aromatic N) is 1. The topological polar surface area (TPSA) is 138 Å². The fourth-order valence-electron chi connectivity index (χ4n) is 0.637. The smallest absolute Gasteiger partial charge is 0.328 e. The number of imide groups is 2. The minimum Gasteiger partial charge on any atom is -0.377 e. The largest absolute Gasteiger partial charge is 0.377 e. The van der Waals surface area contributed by atoms with E-state index in [0.29, 0.717) is 11.9 Å². The average molecular weight is 215 g/mol. The second-order valence-electron chi connectivity index (χ2n) is 2.13. The minimum absolute atomic E-state index is 0.366. The van der Waals surface area contributed by atoms with Crippen molar-refractivity contribution < 1.29 is 14.4 Å². The van der Waals surface area contributed by atoms with Gasteiger partial charge in [-0.3, -0.25) is 25.6 Å². The zero-order chi connectivity index (χ0) is 10.7. The summed E-state index contributed by atoms with van der Waals surface area (Å²) >= 11 is 0.463. The molecule has 8 nitrogen and oxygen atoms in total. The molecule has 1 heterocycles. The Morgan fingerprint density at radius 2 is 1.79 bits per heavy atom. The van der Waals surface area contributed by atoms with E-state index in [9.17, 15) is 14.4 Å². The fourth-order valence-corrected chi connectivity index (χ4v) is 0.992. The molecule has 0 aromatic carbocycles. The number of urea groups is 1. The van der Waals surface area contributed by atoms with Gasteiger partial charge in [0.25, 0.3) is 11.8 Å². The molecule has 1 aliphatic heterocycles. The normalized spacial score (nSPS) is 16.0. The molecule has 5 N–H and O–H groups in total. The summed E-state index contributed by atoms with van der Waals surface area (Å²) in [5, 5.41) is 10.1. The Labute approximate surface area is 82.0 Å². The number of carbonyl (C=O) groups excluding carboxylic acids is 3. The van der Waals surface area contributed by atoms with Crippen molar-refractivity contribution in [3.63, 3.8) is 0 Å². The Hall–Kier alpha value is -1.90. The summed E-state index contributed by atoms with van der Waals surface area (Å²) in [6, 6.07) is -0.897. The Morgan fingerprint density at radius 3 is 2.21 bits per heavy atom. The molecule has 1 saturated heterocycles. The van der Waals surface area contributed by atoms with Gasteiger partial charge in [-0.1, -0.05) is 0 Å². The van der Waals surface area contributed by atoms with Crippen molar-refractivity contribution in [2.24, 2.45) is 10.1 Å². The molecule has 9 heteroatoms. The van der Waals surface area contributed by atoms with Gasteiger partial charge in [-0.05, 0) is 0 Å². The van der Waals surface area contributed by atoms with E-state index < -0.39 is 23.6 Å². The number of nitrogens with one attached hydrogen (secondary N) is 3. The van der Waals surface area contributed by atoms with Gasteiger partial charge in [0.05, 0.1) is 0 Å². The van der Waals surface area contributed by atoms with Crippen molar-refractivity contribution in [2.45, 2.75) is 0 Å². The highest BCUT2D eigenvalue weighted by Crippen LogP contribution is 2.02. The Balaban J connectivity index is 2.82. The molecule has 4 amide bonds. The molecule has 0 aromatic heterocycles. The van der Waals surface area contributed by atoms with Crippen molar-refractivity contribution in [2.75, 3.05) is 0 Å². The monoisotopic (exact) mass is 215 g/mol. The van der Waals surface area contributed by atoms with Gasteiger partial charge in [0.15, 0.2) is 5.17 Å². The van der Waals surface area contributed by atoms with E-state index in [0.717, 1.165) is 0 Å². The van der Waals surface area contributed by atoms with Gasteiger partial charge in [0.1, 0.15) is 0 Å². The highest BCUT2D eigenvalue weighted by Gasteiger charge is 2.29. The maximum atomic E-state index is 11.0. The molecule has 0 aromatic rings. The lowest BCUT2D eigenvalue weighted by atomic mass is 10.3. The van der Waals surface area contributed by atoms with E-state index in [1.807, 2.05) is 10.6 Å². The van der Waals surface area contributed by atoms with E-state index in [1.54, 1.807) is 0 Å². The van der Waals surface area contributed by atoms with Crippen molar-refractivity contribution >= 4 is 40.7 Å². The molecule has 0 aliphatic carbocycles. The highest BCUT2D eigenvalue weighted by molar-refractivity contribution is 8.12. The SMILES string of the molecule is N=C(N)SN=C1C(=O)NC(=O)NC1=O. The van der Waals surface area contributed by atoms with E-state index in [-0.39, 0.29) is 5.17 Å². The van der Waals surface area contributed by atoms with Crippen LogP contribution in [0.1, 0.15) is 0 Å². The zero-order valence-electron chi connectivity index (χ0n) is 6.66. The van der Waals surface area contributed by atoms with E-state index >= 15 is 0 Å². The highest BCUT2D eigenvalue weighted by atomic mass is 32.2. The number of hydrogen-bond acceptors (Lipinski definition) is 6. The third-order valence-corrected chi connectivity index (χ3v) is 1.59. The van der Waals surface area contributed by atoms with E-state index in [1.165, 1.54) is 0 Å². The third kappa shape index (κ3) is 2.29. The maximum Gasteiger partial charge on any atom is 0.328 e. The fraction of sp³-hybridized carbons (Fsp3) is 0. The molecule has 0 radical (unpaired) electrons. The van der Waals surface area contributed by atoms with Crippen LogP contribution in [-0.2, 0) is 9.59 Å². The van der Waals surface area contributed by atoms with Crippen molar-refractivity contribution in [3.8, 4) is 0 Å². The molecule has 0 bridgehead atoms. The summed E-state index contributed by atoms with van der Waals surface area (Å²) < 4.78 is 3.39. The molecule has 0 saturated carbocycles. The molecule has 14 heavy (non-hydrogen) atoms. The van der Waals surface area contributed by atoms with Crippen LogP contribution in [0.15, 0.2) is 4.40 Å². The standard InChI is InChI=1S/C5H5N5O3S/c6-4(7)14-10-1-2(11)8-5(13)9-3(1)12/h(H3,6,7)(H2,8,9,11,12,13). The Morgan fingerprint density at radius 1 is 1.29 bits per heavy atom. The Kier molecular flexibility index (Phi) is 2.82. The number of nitrogens with two attached hydrogens (primary N) is 1. The van der Waals surface area contributed by atoms with Gasteiger partial charge in [-0.25, -0.2) is 4.79 Å². The lowest BCUT2D eigenvalue weighted by Gasteiger charge is -2.11. The second kappa shape index (κ2) is 3.87. The van der Waals surface area contributed by atoms with Crippen LogP contribution >= 0.6 is 11.9 Å². The minimum atomic E-state index is -0.910. The predicted octanol–water partition coefficient (Wildman–Crippen LogP) is -1.66. The van der Waals surface area contributed by atoms with E-state index in [2.05, 4.69) is 4.40 Å². The van der Waals surface area contributed by atoms with Crippen LogP contribution in [0.3, 0.4) is 0 Å². The third-order valence-electron chi connectivity index (χ3n) is 1.12. The van der Waals surface area contributed by atoms with Crippen LogP contribution in [-0.4, -0.2) is 28.7 Å². The molecule has 0 unspecified atom stereocenters. The van der Waals surface area contributed by atoms with Gasteiger partial charge >= 0.3 is 6.03 Å². The van der Waals surface area contributed by atoms with Gasteiger partial charge in [0.2, 0.25) is 5.71 Å². The number of rotatable bonds is 1. The van der Waals surface area contributed by atoms with E-state index in [4.69, 9.17) is 11.1 Å². The lowest BCUT2D eigenvalue weighted by molar-refractivity contribution is -0.119. The van der Waals surface area contributed by atoms with Crippen LogP contribution in [0.4, 0.5) is 4.79 Å². The average Bonchev–Trinajstić information content (AvgIpc) is 2.01. The first-order chi connectivity index (χ1) is 6.50. The summed E-state index contributed by atoms with van der Waals surface area (Å²) in [6.07, 6.45) is 0. The summed E-state index contributed by atoms with van der Waals surface area (Å²) in [5.41, 5.74) is 4.44. The molecular weight excluding hydrogens is 210 g/mol. The van der Waals surface area contributed by atoms with Crippen LogP contribution in [0.25, 0.3) is 0 Å². The quantitative estimate of drug-likeness (QED) is 0.235. The first kappa shape index (κ1) is 10.2. The summed E-state index contributed by atoms with van der Waals surface area (Å²) in [5.74, 6) is -1.82. The summed E-state index contributed by atoms with van der Waals surface area (Å²) in [7, 11) is 0. The van der Waals surface area contributed by atoms with Crippen molar-refractivity contribution in [3.05, 3.63) is 0 Å². The molecule has 1 aliphatic rings. The van der Waals surface area contributed by atoms with Gasteiger partial charge in [0, 0.05) is 11.9 Å². The molecular formula is C5H5N5O3S. The number of hydrogen-bond donors (Lipinski definition) is 4.